The third-order valence-electron chi connectivity index (χ3n) is 8.61. The van der Waals surface area contributed by atoms with Crippen LogP contribution in [-0.2, 0) is 6.54 Å². The molecule has 1 nitrogen and oxygen atoms in total. The predicted molar refractivity (Wildman–Crippen MR) is 174 cm³/mol. The summed E-state index contributed by atoms with van der Waals surface area (Å²) in [7, 11) is 0. The van der Waals surface area contributed by atoms with E-state index >= 15 is 0 Å². The lowest BCUT2D eigenvalue weighted by molar-refractivity contribution is 0.364. The highest BCUT2D eigenvalue weighted by molar-refractivity contribution is 9.10. The first-order valence-corrected chi connectivity index (χ1v) is 17.2. The number of unbranched alkanes of at least 4 members (excludes halogenated alkanes) is 16. The molecule has 0 N–H and O–H groups in total. The monoisotopic (exact) mass is 581 g/mol. The molecule has 1 atom stereocenters. The Balaban J connectivity index is 1.53. The number of para-hydroxylation sites is 1. The third-order valence-corrected chi connectivity index (χ3v) is 9.10. The van der Waals surface area contributed by atoms with E-state index in [-0.39, 0.29) is 0 Å². The predicted octanol–water partition coefficient (Wildman–Crippen LogP) is 13.0. The van der Waals surface area contributed by atoms with Gasteiger partial charge in [0.25, 0.3) is 0 Å². The van der Waals surface area contributed by atoms with E-state index in [9.17, 15) is 0 Å². The van der Waals surface area contributed by atoms with Crippen molar-refractivity contribution in [3.05, 3.63) is 46.9 Å². The number of aromatic nitrogens is 1. The molecule has 0 aliphatic heterocycles. The first-order valence-electron chi connectivity index (χ1n) is 16.4. The summed E-state index contributed by atoms with van der Waals surface area (Å²) in [6.45, 7) is 5.78. The normalized spacial score (nSPS) is 12.6. The second kappa shape index (κ2) is 18.9. The summed E-state index contributed by atoms with van der Waals surface area (Å²) >= 11 is 3.71. The van der Waals surface area contributed by atoms with Crippen molar-refractivity contribution in [1.29, 1.82) is 0 Å². The fourth-order valence-corrected chi connectivity index (χ4v) is 6.66. The molecule has 2 aromatic carbocycles. The van der Waals surface area contributed by atoms with Crippen molar-refractivity contribution in [3.63, 3.8) is 0 Å². The molecule has 0 radical (unpaired) electrons. The van der Waals surface area contributed by atoms with Crippen LogP contribution in [0.4, 0.5) is 0 Å². The van der Waals surface area contributed by atoms with Gasteiger partial charge in [0, 0.05) is 32.8 Å². The van der Waals surface area contributed by atoms with E-state index < -0.39 is 0 Å². The van der Waals surface area contributed by atoms with Crippen molar-refractivity contribution in [3.8, 4) is 0 Å². The van der Waals surface area contributed by atoms with Gasteiger partial charge in [-0.05, 0) is 43.0 Å². The highest BCUT2D eigenvalue weighted by Gasteiger charge is 2.15. The zero-order chi connectivity index (χ0) is 26.8. The van der Waals surface area contributed by atoms with Crippen LogP contribution >= 0.6 is 15.9 Å². The van der Waals surface area contributed by atoms with Gasteiger partial charge < -0.3 is 4.57 Å². The Morgan fingerprint density at radius 1 is 0.553 bits per heavy atom. The molecule has 38 heavy (non-hydrogen) atoms. The number of hydrogen-bond donors (Lipinski definition) is 0. The average molecular weight is 583 g/mol. The van der Waals surface area contributed by atoms with Crippen LogP contribution in [0.25, 0.3) is 21.8 Å². The zero-order valence-corrected chi connectivity index (χ0v) is 26.4. The van der Waals surface area contributed by atoms with Crippen LogP contribution in [0.3, 0.4) is 0 Å². The van der Waals surface area contributed by atoms with Crippen LogP contribution in [0.2, 0.25) is 0 Å². The molecule has 0 fully saturated rings. The molecule has 0 aliphatic rings. The summed E-state index contributed by atoms with van der Waals surface area (Å²) < 4.78 is 3.82. The molecule has 212 valence electrons. The fourth-order valence-electron chi connectivity index (χ4n) is 6.30. The van der Waals surface area contributed by atoms with Crippen LogP contribution in [-0.4, -0.2) is 4.57 Å². The number of hydrogen-bond acceptors (Lipinski definition) is 0. The van der Waals surface area contributed by atoms with Crippen molar-refractivity contribution in [2.75, 3.05) is 0 Å². The molecule has 0 saturated heterocycles. The summed E-state index contributed by atoms with van der Waals surface area (Å²) in [6, 6.07) is 15.9. The van der Waals surface area contributed by atoms with Gasteiger partial charge in [0.05, 0.1) is 0 Å². The maximum absolute atomic E-state index is 3.71. The topological polar surface area (TPSA) is 4.93 Å². The average Bonchev–Trinajstić information content (AvgIpc) is 3.23. The Labute approximate surface area is 243 Å². The molecule has 3 rings (SSSR count). The molecule has 0 spiro atoms. The van der Waals surface area contributed by atoms with Crippen LogP contribution in [0, 0.1) is 5.92 Å². The lowest BCUT2D eigenvalue weighted by Gasteiger charge is -2.20. The van der Waals surface area contributed by atoms with Gasteiger partial charge in [-0.25, -0.2) is 0 Å². The van der Waals surface area contributed by atoms with E-state index in [4.69, 9.17) is 0 Å². The smallest absolute Gasteiger partial charge is 0.0492 e. The second-order valence-electron chi connectivity index (χ2n) is 11.9. The van der Waals surface area contributed by atoms with E-state index in [1.807, 2.05) is 0 Å². The summed E-state index contributed by atoms with van der Waals surface area (Å²) in [5, 5.41) is 2.79. The van der Waals surface area contributed by atoms with Crippen molar-refractivity contribution in [2.45, 2.75) is 149 Å². The summed E-state index contributed by atoms with van der Waals surface area (Å²) in [5.74, 6) is 0.784. The lowest BCUT2D eigenvalue weighted by Crippen LogP contribution is -2.11. The van der Waals surface area contributed by atoms with Crippen LogP contribution in [0.1, 0.15) is 142 Å². The molecule has 1 aromatic heterocycles. The van der Waals surface area contributed by atoms with Gasteiger partial charge in [-0.2, -0.15) is 0 Å². The van der Waals surface area contributed by atoms with Crippen LogP contribution < -0.4 is 0 Å². The Kier molecular flexibility index (Phi) is 15.6. The van der Waals surface area contributed by atoms with Gasteiger partial charge in [0.2, 0.25) is 0 Å². The number of benzene rings is 2. The standard InChI is InChI=1S/C36H56BrN/c1-3-5-7-9-11-13-14-16-18-20-24-31(23-19-17-15-12-10-8-6-4-2)30-38-35-26-22-21-25-33(35)34-29-32(37)27-28-36(34)38/h21-22,25-29,31H,3-20,23-24,30H2,1-2H3. The number of fused-ring (bicyclic) bond motifs is 3. The first-order chi connectivity index (χ1) is 18.7. The molecule has 0 aliphatic carbocycles. The van der Waals surface area contributed by atoms with Gasteiger partial charge >= 0.3 is 0 Å². The SMILES string of the molecule is CCCCCCCCCCCCC(CCCCCCCCCC)Cn1c2ccccc2c2cc(Br)ccc21. The van der Waals surface area contributed by atoms with Crippen molar-refractivity contribution >= 4 is 37.7 Å². The van der Waals surface area contributed by atoms with Gasteiger partial charge in [-0.1, -0.05) is 164 Å². The first kappa shape index (κ1) is 31.3. The molecule has 2 heteroatoms. The van der Waals surface area contributed by atoms with Crippen molar-refractivity contribution < 1.29 is 0 Å². The van der Waals surface area contributed by atoms with Gasteiger partial charge in [-0.3, -0.25) is 0 Å². The molecule has 1 heterocycles. The molecule has 1 unspecified atom stereocenters. The fraction of sp³-hybridized carbons (Fsp3) is 0.667. The summed E-state index contributed by atoms with van der Waals surface area (Å²) in [4.78, 5) is 0. The third kappa shape index (κ3) is 10.7. The lowest BCUT2D eigenvalue weighted by atomic mass is 9.93. The highest BCUT2D eigenvalue weighted by Crippen LogP contribution is 2.33. The Bertz CT molecular complexity index is 1020. The number of nitrogens with zero attached hydrogens (tertiary/aromatic N) is 1. The number of rotatable bonds is 22. The quantitative estimate of drug-likeness (QED) is 0.104. The van der Waals surface area contributed by atoms with E-state index in [0.29, 0.717) is 0 Å². The zero-order valence-electron chi connectivity index (χ0n) is 24.8. The highest BCUT2D eigenvalue weighted by atomic mass is 79.9. The molecular formula is C36H56BrN. The summed E-state index contributed by atoms with van der Waals surface area (Å²) in [5.41, 5.74) is 2.81. The summed E-state index contributed by atoms with van der Waals surface area (Å²) in [6.07, 6.45) is 28.3. The maximum atomic E-state index is 3.71. The van der Waals surface area contributed by atoms with E-state index in [1.54, 1.807) is 0 Å². The van der Waals surface area contributed by atoms with Crippen molar-refractivity contribution in [2.24, 2.45) is 5.92 Å². The second-order valence-corrected chi connectivity index (χ2v) is 12.8. The van der Waals surface area contributed by atoms with E-state index in [0.717, 1.165) is 5.92 Å². The molecule has 0 amide bonds. The minimum Gasteiger partial charge on any atom is -0.340 e. The minimum atomic E-state index is 0.784. The maximum Gasteiger partial charge on any atom is 0.0492 e. The Morgan fingerprint density at radius 2 is 1.03 bits per heavy atom. The van der Waals surface area contributed by atoms with Crippen molar-refractivity contribution in [1.82, 2.24) is 4.57 Å². The van der Waals surface area contributed by atoms with E-state index in [2.05, 4.69) is 76.8 Å². The number of halogens is 1. The molecule has 0 bridgehead atoms. The minimum absolute atomic E-state index is 0.784. The van der Waals surface area contributed by atoms with Gasteiger partial charge in [0.1, 0.15) is 0 Å². The van der Waals surface area contributed by atoms with Gasteiger partial charge in [0.15, 0.2) is 0 Å². The molecule has 0 saturated carbocycles. The molecule has 3 aromatic rings. The van der Waals surface area contributed by atoms with Gasteiger partial charge in [-0.15, -0.1) is 0 Å². The Morgan fingerprint density at radius 3 is 1.58 bits per heavy atom. The Hall–Kier alpha value is -1.28. The molecular weight excluding hydrogens is 526 g/mol. The largest absolute Gasteiger partial charge is 0.340 e. The van der Waals surface area contributed by atoms with Crippen LogP contribution in [0.5, 0.6) is 0 Å². The van der Waals surface area contributed by atoms with E-state index in [1.165, 1.54) is 161 Å². The van der Waals surface area contributed by atoms with Crippen LogP contribution in [0.15, 0.2) is 46.9 Å².